The number of para-hydroxylation sites is 1. The number of anilines is 1. The maximum Gasteiger partial charge on any atom is 0.0640 e. The van der Waals surface area contributed by atoms with Crippen LogP contribution in [0.1, 0.15) is 35.4 Å². The maximum atomic E-state index is 6.25. The molecule has 0 unspecified atom stereocenters. The second-order valence-electron chi connectivity index (χ2n) is 5.26. The van der Waals surface area contributed by atoms with Gasteiger partial charge in [-0.1, -0.05) is 48.0 Å². The molecule has 0 radical (unpaired) electrons. The highest BCUT2D eigenvalue weighted by molar-refractivity contribution is 6.33. The molecule has 3 rings (SSSR count). The van der Waals surface area contributed by atoms with Crippen molar-refractivity contribution in [2.24, 2.45) is 0 Å². The van der Waals surface area contributed by atoms with Gasteiger partial charge in [-0.3, -0.25) is 0 Å². The number of halogens is 1. The summed E-state index contributed by atoms with van der Waals surface area (Å²) in [5, 5.41) is 4.28. The van der Waals surface area contributed by atoms with E-state index in [1.165, 1.54) is 29.5 Å². The van der Waals surface area contributed by atoms with Crippen LogP contribution in [0.3, 0.4) is 0 Å². The van der Waals surface area contributed by atoms with Crippen molar-refractivity contribution in [2.45, 2.75) is 32.2 Å². The molecular weight excluding hydrogens is 254 g/mol. The fourth-order valence-electron chi connectivity index (χ4n) is 2.53. The Labute approximate surface area is 119 Å². The van der Waals surface area contributed by atoms with E-state index < -0.39 is 0 Å². The first-order valence-electron chi connectivity index (χ1n) is 6.82. The highest BCUT2D eigenvalue weighted by atomic mass is 35.5. The summed E-state index contributed by atoms with van der Waals surface area (Å²) >= 11 is 6.25. The quantitative estimate of drug-likeness (QED) is 0.812. The van der Waals surface area contributed by atoms with Gasteiger partial charge in [-0.2, -0.15) is 0 Å². The average molecular weight is 272 g/mol. The third kappa shape index (κ3) is 2.76. The van der Waals surface area contributed by atoms with E-state index in [1.54, 1.807) is 0 Å². The van der Waals surface area contributed by atoms with Crippen molar-refractivity contribution in [3.8, 4) is 0 Å². The summed E-state index contributed by atoms with van der Waals surface area (Å²) in [4.78, 5) is 0. The summed E-state index contributed by atoms with van der Waals surface area (Å²) in [6, 6.07) is 14.7. The molecule has 1 fully saturated rings. The maximum absolute atomic E-state index is 6.25. The second kappa shape index (κ2) is 5.26. The number of benzene rings is 2. The SMILES string of the molecule is Cc1cccc(Cl)c1NCc1ccccc1C1CC1. The van der Waals surface area contributed by atoms with Crippen LogP contribution in [0.25, 0.3) is 0 Å². The molecule has 1 N–H and O–H groups in total. The Morgan fingerprint density at radius 1 is 1.11 bits per heavy atom. The van der Waals surface area contributed by atoms with Gasteiger partial charge in [0.15, 0.2) is 0 Å². The molecule has 0 bridgehead atoms. The molecule has 19 heavy (non-hydrogen) atoms. The number of hydrogen-bond donors (Lipinski definition) is 1. The molecule has 1 aliphatic rings. The molecule has 0 atom stereocenters. The molecule has 0 spiro atoms. The van der Waals surface area contributed by atoms with Gasteiger partial charge in [0.2, 0.25) is 0 Å². The summed E-state index contributed by atoms with van der Waals surface area (Å²) in [5.74, 6) is 0.783. The lowest BCUT2D eigenvalue weighted by atomic mass is 10.0. The normalized spacial score (nSPS) is 14.4. The molecule has 1 aliphatic carbocycles. The Kier molecular flexibility index (Phi) is 3.48. The zero-order valence-corrected chi connectivity index (χ0v) is 11.9. The van der Waals surface area contributed by atoms with Crippen molar-refractivity contribution in [3.05, 3.63) is 64.2 Å². The minimum atomic E-state index is 0.783. The van der Waals surface area contributed by atoms with Crippen LogP contribution in [0.4, 0.5) is 5.69 Å². The van der Waals surface area contributed by atoms with Crippen molar-refractivity contribution in [1.29, 1.82) is 0 Å². The van der Waals surface area contributed by atoms with E-state index in [0.29, 0.717) is 0 Å². The summed E-state index contributed by atoms with van der Waals surface area (Å²) in [7, 11) is 0. The Hall–Kier alpha value is -1.47. The fraction of sp³-hybridized carbons (Fsp3) is 0.294. The molecule has 0 aliphatic heterocycles. The highest BCUT2D eigenvalue weighted by Gasteiger charge is 2.25. The molecule has 0 amide bonds. The lowest BCUT2D eigenvalue weighted by Crippen LogP contribution is -2.04. The van der Waals surface area contributed by atoms with Crippen LogP contribution in [0.5, 0.6) is 0 Å². The van der Waals surface area contributed by atoms with Crippen molar-refractivity contribution in [2.75, 3.05) is 5.32 Å². The van der Waals surface area contributed by atoms with E-state index in [1.807, 2.05) is 12.1 Å². The first-order chi connectivity index (χ1) is 9.25. The lowest BCUT2D eigenvalue weighted by molar-refractivity contribution is 1.03. The lowest BCUT2D eigenvalue weighted by Gasteiger charge is -2.14. The van der Waals surface area contributed by atoms with Crippen LogP contribution in [0, 0.1) is 6.92 Å². The van der Waals surface area contributed by atoms with Gasteiger partial charge in [-0.15, -0.1) is 0 Å². The minimum Gasteiger partial charge on any atom is -0.380 e. The van der Waals surface area contributed by atoms with Gasteiger partial charge in [0, 0.05) is 6.54 Å². The van der Waals surface area contributed by atoms with Gasteiger partial charge >= 0.3 is 0 Å². The van der Waals surface area contributed by atoms with Gasteiger partial charge in [-0.25, -0.2) is 0 Å². The molecule has 0 heterocycles. The van der Waals surface area contributed by atoms with E-state index in [-0.39, 0.29) is 0 Å². The molecule has 1 nitrogen and oxygen atoms in total. The summed E-state index contributed by atoms with van der Waals surface area (Å²) in [5.41, 5.74) is 5.13. The standard InChI is InChI=1S/C17H18ClN/c1-12-5-4-8-16(18)17(12)19-11-14-6-2-3-7-15(14)13-9-10-13/h2-8,13,19H,9-11H2,1H3. The van der Waals surface area contributed by atoms with Gasteiger partial charge in [0.25, 0.3) is 0 Å². The van der Waals surface area contributed by atoms with E-state index in [0.717, 1.165) is 23.2 Å². The van der Waals surface area contributed by atoms with Crippen LogP contribution in [0.2, 0.25) is 5.02 Å². The predicted molar refractivity (Wildman–Crippen MR) is 81.9 cm³/mol. The largest absolute Gasteiger partial charge is 0.380 e. The van der Waals surface area contributed by atoms with E-state index >= 15 is 0 Å². The topological polar surface area (TPSA) is 12.0 Å². The van der Waals surface area contributed by atoms with Crippen LogP contribution in [-0.2, 0) is 6.54 Å². The third-order valence-corrected chi connectivity index (χ3v) is 4.06. The third-order valence-electron chi connectivity index (χ3n) is 3.75. The fourth-order valence-corrected chi connectivity index (χ4v) is 2.82. The Balaban J connectivity index is 1.79. The minimum absolute atomic E-state index is 0.783. The molecule has 2 aromatic rings. The van der Waals surface area contributed by atoms with Crippen LogP contribution in [-0.4, -0.2) is 0 Å². The van der Waals surface area contributed by atoms with Crippen LogP contribution in [0.15, 0.2) is 42.5 Å². The number of rotatable bonds is 4. The van der Waals surface area contributed by atoms with E-state index in [9.17, 15) is 0 Å². The molecule has 2 heteroatoms. The van der Waals surface area contributed by atoms with E-state index in [4.69, 9.17) is 11.6 Å². The average Bonchev–Trinajstić information content (AvgIpc) is 3.23. The molecular formula is C17H18ClN. The first kappa shape index (κ1) is 12.6. The van der Waals surface area contributed by atoms with E-state index in [2.05, 4.69) is 42.6 Å². The molecule has 1 saturated carbocycles. The summed E-state index contributed by atoms with van der Waals surface area (Å²) in [6.07, 6.45) is 2.67. The molecule has 2 aromatic carbocycles. The van der Waals surface area contributed by atoms with Gasteiger partial charge in [0.1, 0.15) is 0 Å². The van der Waals surface area contributed by atoms with Crippen molar-refractivity contribution < 1.29 is 0 Å². The highest BCUT2D eigenvalue weighted by Crippen LogP contribution is 2.41. The van der Waals surface area contributed by atoms with Crippen molar-refractivity contribution in [1.82, 2.24) is 0 Å². The van der Waals surface area contributed by atoms with Crippen LogP contribution < -0.4 is 5.32 Å². The second-order valence-corrected chi connectivity index (χ2v) is 5.67. The van der Waals surface area contributed by atoms with Gasteiger partial charge in [0.05, 0.1) is 10.7 Å². The zero-order valence-electron chi connectivity index (χ0n) is 11.1. The first-order valence-corrected chi connectivity index (χ1v) is 7.20. The number of hydrogen-bond acceptors (Lipinski definition) is 1. The van der Waals surface area contributed by atoms with Crippen LogP contribution >= 0.6 is 11.6 Å². The Bertz CT molecular complexity index is 567. The zero-order chi connectivity index (χ0) is 13.2. The van der Waals surface area contributed by atoms with Crippen molar-refractivity contribution >= 4 is 17.3 Å². The smallest absolute Gasteiger partial charge is 0.0640 e. The Morgan fingerprint density at radius 3 is 2.63 bits per heavy atom. The van der Waals surface area contributed by atoms with Crippen molar-refractivity contribution in [3.63, 3.8) is 0 Å². The van der Waals surface area contributed by atoms with Gasteiger partial charge in [-0.05, 0) is 48.4 Å². The number of aryl methyl sites for hydroxylation is 1. The summed E-state index contributed by atoms with van der Waals surface area (Å²) < 4.78 is 0. The summed E-state index contributed by atoms with van der Waals surface area (Å²) in [6.45, 7) is 2.93. The predicted octanol–water partition coefficient (Wildman–Crippen LogP) is 5.14. The van der Waals surface area contributed by atoms with Gasteiger partial charge < -0.3 is 5.32 Å². The molecule has 0 saturated heterocycles. The monoisotopic (exact) mass is 271 g/mol. The molecule has 0 aromatic heterocycles. The molecule has 98 valence electrons. The Morgan fingerprint density at radius 2 is 1.89 bits per heavy atom. The number of nitrogens with one attached hydrogen (secondary N) is 1.